The molecule has 0 radical (unpaired) electrons. The van der Waals surface area contributed by atoms with Gasteiger partial charge in [-0.15, -0.1) is 0 Å². The molecule has 0 aromatic heterocycles. The third-order valence-electron chi connectivity index (χ3n) is 0.275. The normalized spacial score (nSPS) is 32.1. The van der Waals surface area contributed by atoms with Gasteiger partial charge < -0.3 is 0 Å². The molecular formula is H5CaO5PTi. The van der Waals surface area contributed by atoms with Crippen molar-refractivity contribution in [2.24, 2.45) is 0 Å². The van der Waals surface area contributed by atoms with Gasteiger partial charge in [-0.3, -0.25) is 0 Å². The van der Waals surface area contributed by atoms with Crippen LogP contribution in [0.15, 0.2) is 0 Å². The standard InChI is InChI=1S/Ca.H3O5P.Ti.2H/c;1-6(2,3)4-5-6;;;/h;1-3H;;;. The van der Waals surface area contributed by atoms with Crippen molar-refractivity contribution in [1.82, 2.24) is 0 Å². The summed E-state index contributed by atoms with van der Waals surface area (Å²) in [5, 5.41) is 0. The third-order valence-corrected chi connectivity index (χ3v) is 0.824. The Hall–Kier alpha value is 2.20. The summed E-state index contributed by atoms with van der Waals surface area (Å²) in [4.78, 5) is 23.7. The topological polar surface area (TPSA) is 85.8 Å². The molecule has 0 aromatic rings. The van der Waals surface area contributed by atoms with Gasteiger partial charge in [0.15, 0.2) is 0 Å². The van der Waals surface area contributed by atoms with Crippen LogP contribution >= 0.6 is 7.74 Å². The molecule has 1 heterocycles. The minimum atomic E-state index is -4.80. The van der Waals surface area contributed by atoms with Crippen molar-refractivity contribution < 1.29 is 45.7 Å². The van der Waals surface area contributed by atoms with Crippen molar-refractivity contribution in [3.63, 3.8) is 0 Å². The van der Waals surface area contributed by atoms with E-state index in [0.717, 1.165) is 0 Å². The second kappa shape index (κ2) is 3.07. The first-order chi connectivity index (χ1) is 2.47. The summed E-state index contributed by atoms with van der Waals surface area (Å²) >= 11 is 0. The molecule has 0 bridgehead atoms. The minimum Gasteiger partial charge on any atom is 0 e. The summed E-state index contributed by atoms with van der Waals surface area (Å²) in [6.07, 6.45) is 0. The summed E-state index contributed by atoms with van der Waals surface area (Å²) in [7, 11) is -4.80. The average molecular weight is 204 g/mol. The first-order valence-electron chi connectivity index (χ1n) is 1.13. The fourth-order valence-electron chi connectivity index (χ4n) is 0.0447. The molecule has 0 atom stereocenters. The molecule has 0 amide bonds. The summed E-state index contributed by atoms with van der Waals surface area (Å²) in [5.74, 6) is 0. The van der Waals surface area contributed by atoms with Crippen molar-refractivity contribution in [3.05, 3.63) is 0 Å². The fraction of sp³-hybridized carbons (Fsp3) is 0. The maximum Gasteiger partial charge on any atom is 0 e. The van der Waals surface area contributed by atoms with Crippen LogP contribution in [-0.2, 0) is 31.1 Å². The molecule has 0 aromatic carbocycles. The van der Waals surface area contributed by atoms with E-state index in [2.05, 4.69) is 9.35 Å². The Kier molecular flexibility index (Phi) is 4.93. The Morgan fingerprint density at radius 1 is 1.00 bits per heavy atom. The van der Waals surface area contributed by atoms with Gasteiger partial charge in [0.1, 0.15) is 0 Å². The molecular weight excluding hydrogens is 199 g/mol. The SMILES string of the molecule is OP1(O)(O)OO1.[CaH2].[Ti]. The summed E-state index contributed by atoms with van der Waals surface area (Å²) in [6.45, 7) is 0. The van der Waals surface area contributed by atoms with E-state index < -0.39 is 7.74 Å². The Morgan fingerprint density at radius 3 is 1.12 bits per heavy atom. The van der Waals surface area contributed by atoms with Gasteiger partial charge >= 0.3 is 69.5 Å². The van der Waals surface area contributed by atoms with Crippen LogP contribution in [0.4, 0.5) is 0 Å². The maximum atomic E-state index is 7.89. The van der Waals surface area contributed by atoms with Gasteiger partial charge in [0.25, 0.3) is 0 Å². The van der Waals surface area contributed by atoms with Crippen LogP contribution in [0.3, 0.4) is 0 Å². The Labute approximate surface area is 90.1 Å². The van der Waals surface area contributed by atoms with E-state index in [9.17, 15) is 0 Å². The van der Waals surface area contributed by atoms with E-state index in [1.54, 1.807) is 0 Å². The first-order valence-corrected chi connectivity index (χ1v) is 3.06. The molecule has 1 aliphatic rings. The van der Waals surface area contributed by atoms with E-state index in [1.165, 1.54) is 0 Å². The molecule has 1 aliphatic heterocycles. The Balaban J connectivity index is 0. The molecule has 1 fully saturated rings. The van der Waals surface area contributed by atoms with Crippen LogP contribution in [0, 0.1) is 0 Å². The predicted octanol–water partition coefficient (Wildman–Crippen LogP) is -1.87. The number of hydrogen-bond donors (Lipinski definition) is 3. The van der Waals surface area contributed by atoms with Crippen LogP contribution in [0.1, 0.15) is 0 Å². The van der Waals surface area contributed by atoms with Gasteiger partial charge in [0, 0.05) is 21.7 Å². The van der Waals surface area contributed by atoms with Gasteiger partial charge in [0.05, 0.1) is 0 Å². The molecule has 8 heteroatoms. The van der Waals surface area contributed by atoms with Crippen LogP contribution < -0.4 is 0 Å². The van der Waals surface area contributed by atoms with Crippen molar-refractivity contribution in [1.29, 1.82) is 0 Å². The second-order valence-corrected chi connectivity index (χ2v) is 2.95. The van der Waals surface area contributed by atoms with Gasteiger partial charge in [-0.1, -0.05) is 0 Å². The van der Waals surface area contributed by atoms with Crippen molar-refractivity contribution >= 4 is 45.5 Å². The zero-order valence-corrected chi connectivity index (χ0v) is 5.56. The molecule has 3 N–H and O–H groups in total. The molecule has 0 unspecified atom stereocenters. The molecule has 1 rings (SSSR count). The third kappa shape index (κ3) is 5.03. The summed E-state index contributed by atoms with van der Waals surface area (Å²) < 4.78 is 6.76. The van der Waals surface area contributed by atoms with Gasteiger partial charge in [-0.25, -0.2) is 0 Å². The summed E-state index contributed by atoms with van der Waals surface area (Å²) in [5.41, 5.74) is 0. The molecule has 8 heavy (non-hydrogen) atoms. The number of rotatable bonds is 0. The molecule has 0 aliphatic carbocycles. The Morgan fingerprint density at radius 2 is 1.12 bits per heavy atom. The average Bonchev–Trinajstić information content (AvgIpc) is 1.73. The smallest absolute Gasteiger partial charge is 0 e. The van der Waals surface area contributed by atoms with E-state index in [-0.39, 0.29) is 59.5 Å². The minimum absolute atomic E-state index is 0. The Bertz CT molecular complexity index is 76.2. The first kappa shape index (κ1) is 12.8. The summed E-state index contributed by atoms with van der Waals surface area (Å²) in [6, 6.07) is 0. The monoisotopic (exact) mass is 204 g/mol. The number of hydrogen-bond acceptors (Lipinski definition) is 5. The van der Waals surface area contributed by atoms with E-state index in [4.69, 9.17) is 14.7 Å². The molecule has 0 saturated carbocycles. The van der Waals surface area contributed by atoms with Crippen LogP contribution in [0.25, 0.3) is 0 Å². The molecule has 46 valence electrons. The van der Waals surface area contributed by atoms with Gasteiger partial charge in [-0.05, 0) is 0 Å². The van der Waals surface area contributed by atoms with Crippen molar-refractivity contribution in [2.45, 2.75) is 0 Å². The van der Waals surface area contributed by atoms with Crippen LogP contribution in [0.2, 0.25) is 0 Å². The predicted molar refractivity (Wildman–Crippen MR) is 24.3 cm³/mol. The second-order valence-electron chi connectivity index (χ2n) is 0.982. The zero-order valence-electron chi connectivity index (χ0n) is 3.11. The van der Waals surface area contributed by atoms with Crippen LogP contribution in [0.5, 0.6) is 0 Å². The van der Waals surface area contributed by atoms with E-state index in [0.29, 0.717) is 0 Å². The van der Waals surface area contributed by atoms with E-state index >= 15 is 0 Å². The molecule has 0 spiro atoms. The van der Waals surface area contributed by atoms with Crippen LogP contribution in [-0.4, -0.2) is 52.4 Å². The molecule has 5 nitrogen and oxygen atoms in total. The van der Waals surface area contributed by atoms with Crippen molar-refractivity contribution in [3.8, 4) is 0 Å². The largest absolute Gasteiger partial charge is 0 e. The van der Waals surface area contributed by atoms with Gasteiger partial charge in [0.2, 0.25) is 0 Å². The van der Waals surface area contributed by atoms with Crippen molar-refractivity contribution in [2.75, 3.05) is 0 Å². The molecule has 1 saturated heterocycles. The quantitative estimate of drug-likeness (QED) is 0.186. The van der Waals surface area contributed by atoms with Gasteiger partial charge in [-0.2, -0.15) is 0 Å². The van der Waals surface area contributed by atoms with E-state index in [1.807, 2.05) is 0 Å². The maximum absolute atomic E-state index is 7.89. The fourth-order valence-corrected chi connectivity index (χ4v) is 0.402. The zero-order chi connectivity index (χ0) is 4.86.